The number of aliphatic hydroxyl groups is 1. The number of hydrogen-bond acceptors (Lipinski definition) is 6. The Morgan fingerprint density at radius 1 is 1.08 bits per heavy atom. The van der Waals surface area contributed by atoms with Crippen LogP contribution in [0.25, 0.3) is 5.69 Å². The zero-order chi connectivity index (χ0) is 17.6. The van der Waals surface area contributed by atoms with Gasteiger partial charge in [0.05, 0.1) is 11.8 Å². The lowest BCUT2D eigenvalue weighted by atomic mass is 10.2. The molecule has 0 aliphatic heterocycles. The summed E-state index contributed by atoms with van der Waals surface area (Å²) in [5, 5.41) is 22.7. The molecule has 1 N–H and O–H groups in total. The summed E-state index contributed by atoms with van der Waals surface area (Å²) < 4.78 is 7.37. The summed E-state index contributed by atoms with van der Waals surface area (Å²) >= 11 is 1.40. The van der Waals surface area contributed by atoms with E-state index < -0.39 is 6.10 Å². The molecule has 0 bridgehead atoms. The minimum Gasteiger partial charge on any atom is -0.491 e. The van der Waals surface area contributed by atoms with Crippen molar-refractivity contribution in [3.63, 3.8) is 0 Å². The number of hydrogen-bond donors (Lipinski definition) is 1. The molecule has 3 rings (SSSR count). The maximum Gasteiger partial charge on any atom is 0.214 e. The summed E-state index contributed by atoms with van der Waals surface area (Å²) in [6.07, 6.45) is -0.619. The van der Waals surface area contributed by atoms with Crippen molar-refractivity contribution in [1.82, 2.24) is 20.2 Å². The van der Waals surface area contributed by atoms with Gasteiger partial charge in [-0.2, -0.15) is 4.68 Å². The molecule has 1 atom stereocenters. The molecule has 0 radical (unpaired) electrons. The van der Waals surface area contributed by atoms with Crippen molar-refractivity contribution < 1.29 is 9.84 Å². The van der Waals surface area contributed by atoms with Crippen LogP contribution in [0.3, 0.4) is 0 Å². The molecule has 0 aliphatic carbocycles. The van der Waals surface area contributed by atoms with E-state index in [1.807, 2.05) is 62.4 Å². The fraction of sp³-hybridized carbons (Fsp3) is 0.278. The lowest BCUT2D eigenvalue weighted by molar-refractivity contribution is 0.126. The number of benzene rings is 2. The SMILES string of the molecule is Cc1ccccc1OC[C@H](O)CSc1nnnn1-c1ccccc1C. The lowest BCUT2D eigenvalue weighted by Gasteiger charge is -2.13. The van der Waals surface area contributed by atoms with Crippen LogP contribution in [-0.2, 0) is 0 Å². The fourth-order valence-electron chi connectivity index (χ4n) is 2.34. The molecule has 0 amide bonds. The first kappa shape index (κ1) is 17.4. The molecular weight excluding hydrogens is 336 g/mol. The molecule has 2 aromatic carbocycles. The van der Waals surface area contributed by atoms with Crippen LogP contribution in [0.4, 0.5) is 0 Å². The fourth-order valence-corrected chi connectivity index (χ4v) is 3.13. The zero-order valence-corrected chi connectivity index (χ0v) is 15.0. The predicted octanol–water partition coefficient (Wildman–Crippen LogP) is 2.81. The highest BCUT2D eigenvalue weighted by Crippen LogP contribution is 2.22. The standard InChI is InChI=1S/C18H20N4O2S/c1-13-7-3-5-9-16(13)22-18(19-20-21-22)25-12-15(23)11-24-17-10-6-4-8-14(17)2/h3-10,15,23H,11-12H2,1-2H3/t15-/m0/s1. The van der Waals surface area contributed by atoms with Crippen LogP contribution in [0.5, 0.6) is 5.75 Å². The maximum atomic E-state index is 10.2. The molecule has 1 heterocycles. The van der Waals surface area contributed by atoms with E-state index in [0.717, 1.165) is 22.6 Å². The van der Waals surface area contributed by atoms with Crippen LogP contribution >= 0.6 is 11.8 Å². The van der Waals surface area contributed by atoms with Crippen molar-refractivity contribution in [2.24, 2.45) is 0 Å². The average Bonchev–Trinajstić information content (AvgIpc) is 3.08. The Kier molecular flexibility index (Phi) is 5.67. The first-order valence-corrected chi connectivity index (χ1v) is 8.97. The van der Waals surface area contributed by atoms with Crippen molar-refractivity contribution in [2.45, 2.75) is 25.1 Å². The van der Waals surface area contributed by atoms with Gasteiger partial charge >= 0.3 is 0 Å². The molecule has 0 aliphatic rings. The van der Waals surface area contributed by atoms with Crippen molar-refractivity contribution in [3.05, 3.63) is 59.7 Å². The third kappa shape index (κ3) is 4.37. The number of rotatable bonds is 7. The second kappa shape index (κ2) is 8.13. The quantitative estimate of drug-likeness (QED) is 0.656. The van der Waals surface area contributed by atoms with Gasteiger partial charge in [-0.25, -0.2) is 0 Å². The van der Waals surface area contributed by atoms with E-state index in [9.17, 15) is 5.11 Å². The summed E-state index contributed by atoms with van der Waals surface area (Å²) in [7, 11) is 0. The Balaban J connectivity index is 1.58. The van der Waals surface area contributed by atoms with Crippen LogP contribution in [0.1, 0.15) is 11.1 Å². The van der Waals surface area contributed by atoms with Crippen molar-refractivity contribution in [1.29, 1.82) is 0 Å². The Bertz CT molecular complexity index is 837. The summed E-state index contributed by atoms with van der Waals surface area (Å²) in [4.78, 5) is 0. The Morgan fingerprint density at radius 2 is 1.80 bits per heavy atom. The second-order valence-corrected chi connectivity index (χ2v) is 6.69. The van der Waals surface area contributed by atoms with Crippen LogP contribution in [0.15, 0.2) is 53.7 Å². The molecular formula is C18H20N4O2S. The number of aryl methyl sites for hydroxylation is 2. The van der Waals surface area contributed by atoms with Gasteiger partial charge in [0.15, 0.2) is 0 Å². The lowest BCUT2D eigenvalue weighted by Crippen LogP contribution is -2.20. The Hall–Kier alpha value is -2.38. The summed E-state index contributed by atoms with van der Waals surface area (Å²) in [5.41, 5.74) is 3.06. The molecule has 0 saturated heterocycles. The molecule has 1 aromatic heterocycles. The molecule has 0 saturated carbocycles. The van der Waals surface area contributed by atoms with Crippen molar-refractivity contribution in [3.8, 4) is 11.4 Å². The van der Waals surface area contributed by atoms with Crippen LogP contribution in [-0.4, -0.2) is 43.8 Å². The average molecular weight is 356 g/mol. The number of thioether (sulfide) groups is 1. The number of aliphatic hydroxyl groups excluding tert-OH is 1. The van der Waals surface area contributed by atoms with E-state index in [2.05, 4.69) is 15.5 Å². The summed E-state index contributed by atoms with van der Waals surface area (Å²) in [5.74, 6) is 1.23. The highest BCUT2D eigenvalue weighted by Gasteiger charge is 2.14. The van der Waals surface area contributed by atoms with Gasteiger partial charge in [-0.05, 0) is 47.5 Å². The van der Waals surface area contributed by atoms with Gasteiger partial charge in [0.1, 0.15) is 12.4 Å². The third-order valence-electron chi connectivity index (χ3n) is 3.71. The van der Waals surface area contributed by atoms with E-state index in [1.165, 1.54) is 11.8 Å². The van der Waals surface area contributed by atoms with Crippen LogP contribution < -0.4 is 4.74 Å². The van der Waals surface area contributed by atoms with Crippen LogP contribution in [0.2, 0.25) is 0 Å². The first-order valence-electron chi connectivity index (χ1n) is 7.99. The predicted molar refractivity (Wildman–Crippen MR) is 97.3 cm³/mol. The molecule has 7 heteroatoms. The summed E-state index contributed by atoms with van der Waals surface area (Å²) in [6, 6.07) is 15.6. The maximum absolute atomic E-state index is 10.2. The van der Waals surface area contributed by atoms with E-state index >= 15 is 0 Å². The molecule has 0 fully saturated rings. The van der Waals surface area contributed by atoms with Gasteiger partial charge in [-0.3, -0.25) is 0 Å². The van der Waals surface area contributed by atoms with Crippen molar-refractivity contribution in [2.75, 3.05) is 12.4 Å². The summed E-state index contributed by atoms with van der Waals surface area (Å²) in [6.45, 7) is 4.22. The van der Waals surface area contributed by atoms with Gasteiger partial charge in [-0.15, -0.1) is 5.10 Å². The van der Waals surface area contributed by atoms with E-state index in [-0.39, 0.29) is 6.61 Å². The zero-order valence-electron chi connectivity index (χ0n) is 14.2. The Labute approximate surface area is 150 Å². The number of nitrogens with zero attached hydrogens (tertiary/aromatic N) is 4. The van der Waals surface area contributed by atoms with E-state index in [0.29, 0.717) is 10.9 Å². The minimum atomic E-state index is -0.619. The monoisotopic (exact) mass is 356 g/mol. The normalized spacial score (nSPS) is 12.1. The van der Waals surface area contributed by atoms with Gasteiger partial charge in [0.25, 0.3) is 0 Å². The van der Waals surface area contributed by atoms with Crippen LogP contribution in [0, 0.1) is 13.8 Å². The smallest absolute Gasteiger partial charge is 0.214 e. The van der Waals surface area contributed by atoms with Gasteiger partial charge in [0, 0.05) is 5.75 Å². The molecule has 25 heavy (non-hydrogen) atoms. The number of para-hydroxylation sites is 2. The topological polar surface area (TPSA) is 73.1 Å². The van der Waals surface area contributed by atoms with Crippen molar-refractivity contribution >= 4 is 11.8 Å². The van der Waals surface area contributed by atoms with Gasteiger partial charge in [-0.1, -0.05) is 48.2 Å². The minimum absolute atomic E-state index is 0.226. The molecule has 3 aromatic rings. The number of tetrazole rings is 1. The first-order chi connectivity index (χ1) is 12.1. The number of aromatic nitrogens is 4. The molecule has 0 spiro atoms. The molecule has 130 valence electrons. The largest absolute Gasteiger partial charge is 0.491 e. The number of ether oxygens (including phenoxy) is 1. The highest BCUT2D eigenvalue weighted by molar-refractivity contribution is 7.99. The van der Waals surface area contributed by atoms with Gasteiger partial charge < -0.3 is 9.84 Å². The molecule has 0 unspecified atom stereocenters. The van der Waals surface area contributed by atoms with E-state index in [4.69, 9.17) is 4.74 Å². The molecule has 6 nitrogen and oxygen atoms in total. The third-order valence-corrected chi connectivity index (χ3v) is 4.78. The Morgan fingerprint density at radius 3 is 2.56 bits per heavy atom. The highest BCUT2D eigenvalue weighted by atomic mass is 32.2. The second-order valence-electron chi connectivity index (χ2n) is 5.70. The van der Waals surface area contributed by atoms with E-state index in [1.54, 1.807) is 4.68 Å². The van der Waals surface area contributed by atoms with Gasteiger partial charge in [0.2, 0.25) is 5.16 Å².